The average Bonchev–Trinajstić information content (AvgIpc) is 2.76. The number of halogens is 3. The molecule has 1 aromatic carbocycles. The molecule has 3 heterocycles. The van der Waals surface area contributed by atoms with Gasteiger partial charge in [-0.1, -0.05) is 18.2 Å². The zero-order valence-corrected chi connectivity index (χ0v) is 18.3. The van der Waals surface area contributed by atoms with Crippen molar-refractivity contribution in [1.82, 2.24) is 19.7 Å². The van der Waals surface area contributed by atoms with Crippen LogP contribution in [0.4, 0.5) is 19.0 Å². The number of piperidine rings is 1. The Morgan fingerprint density at radius 1 is 1.19 bits per heavy atom. The van der Waals surface area contributed by atoms with Gasteiger partial charge in [-0.05, 0) is 39.4 Å². The van der Waals surface area contributed by atoms with E-state index in [1.54, 1.807) is 13.1 Å². The first-order chi connectivity index (χ1) is 15.3. The molecule has 0 spiro atoms. The van der Waals surface area contributed by atoms with Crippen LogP contribution in [0.2, 0.25) is 0 Å². The van der Waals surface area contributed by atoms with Gasteiger partial charge in [0.2, 0.25) is 0 Å². The number of fused-ring (bicyclic) bond motifs is 1. The zero-order valence-electron chi connectivity index (χ0n) is 18.3. The summed E-state index contributed by atoms with van der Waals surface area (Å²) in [5.74, 6) is -0.318. The van der Waals surface area contributed by atoms with Crippen molar-refractivity contribution >= 4 is 16.6 Å². The van der Waals surface area contributed by atoms with E-state index in [9.17, 15) is 18.0 Å². The Hall–Kier alpha value is -2.94. The van der Waals surface area contributed by atoms with Gasteiger partial charge < -0.3 is 10.2 Å². The van der Waals surface area contributed by atoms with Gasteiger partial charge in [0.1, 0.15) is 5.82 Å². The second kappa shape index (κ2) is 8.90. The van der Waals surface area contributed by atoms with E-state index < -0.39 is 23.8 Å². The van der Waals surface area contributed by atoms with Crippen LogP contribution in [0.3, 0.4) is 0 Å². The molecule has 6 nitrogen and oxygen atoms in total. The van der Waals surface area contributed by atoms with Crippen LogP contribution in [0.25, 0.3) is 10.8 Å². The fraction of sp³-hybridized carbons (Fsp3) is 0.435. The Morgan fingerprint density at radius 2 is 1.94 bits per heavy atom. The highest BCUT2D eigenvalue weighted by molar-refractivity contribution is 5.90. The summed E-state index contributed by atoms with van der Waals surface area (Å²) in [6, 6.07) is 5.17. The zero-order chi connectivity index (χ0) is 23.0. The molecule has 0 amide bonds. The van der Waals surface area contributed by atoms with Crippen LogP contribution >= 0.6 is 0 Å². The maximum Gasteiger partial charge on any atom is 0.276 e. The molecule has 0 aliphatic carbocycles. The lowest BCUT2D eigenvalue weighted by Gasteiger charge is -2.29. The monoisotopic (exact) mass is 445 g/mol. The van der Waals surface area contributed by atoms with Crippen LogP contribution in [0.5, 0.6) is 0 Å². The Morgan fingerprint density at radius 3 is 2.66 bits per heavy atom. The van der Waals surface area contributed by atoms with E-state index >= 15 is 0 Å². The summed E-state index contributed by atoms with van der Waals surface area (Å²) in [7, 11) is 3.60. The van der Waals surface area contributed by atoms with Crippen molar-refractivity contribution in [2.75, 3.05) is 25.5 Å². The molecule has 170 valence electrons. The Kier molecular flexibility index (Phi) is 6.19. The van der Waals surface area contributed by atoms with Gasteiger partial charge in [-0.25, -0.2) is 17.9 Å². The number of aromatic nitrogens is 3. The number of rotatable bonds is 5. The summed E-state index contributed by atoms with van der Waals surface area (Å²) in [6.07, 6.45) is 0.738. The maximum absolute atomic E-state index is 14.7. The second-order valence-electron chi connectivity index (χ2n) is 8.45. The van der Waals surface area contributed by atoms with E-state index in [1.165, 1.54) is 23.9 Å². The molecule has 1 aliphatic heterocycles. The minimum absolute atomic E-state index is 0.106. The predicted octanol–water partition coefficient (Wildman–Crippen LogP) is 4.39. The molecule has 1 fully saturated rings. The molecule has 0 bridgehead atoms. The van der Waals surface area contributed by atoms with Crippen LogP contribution in [-0.4, -0.2) is 39.8 Å². The Bertz CT molecular complexity index is 1200. The first kappa shape index (κ1) is 22.3. The standard InChI is InChI=1S/C23H26F3N5O/c1-13(15-7-4-8-16(20(15)24)21(25)26)28-22-17-10-19(14-6-5-9-30(2)12-14)27-11-18(17)23(32)31(3)29-22/h4,7-8,10-11,13-14,21H,5-6,9,12H2,1-3H3,(H,28,29)/t13-,14?/m1/s1. The number of pyridine rings is 1. The summed E-state index contributed by atoms with van der Waals surface area (Å²) in [5.41, 5.74) is 0.0571. The van der Waals surface area contributed by atoms with Crippen molar-refractivity contribution < 1.29 is 13.2 Å². The molecule has 0 saturated carbocycles. The van der Waals surface area contributed by atoms with Gasteiger partial charge in [-0.15, -0.1) is 0 Å². The van der Waals surface area contributed by atoms with Crippen molar-refractivity contribution in [3.05, 3.63) is 63.5 Å². The molecular formula is C23H26F3N5O. The molecule has 32 heavy (non-hydrogen) atoms. The van der Waals surface area contributed by atoms with E-state index in [-0.39, 0.29) is 17.0 Å². The van der Waals surface area contributed by atoms with Crippen LogP contribution in [-0.2, 0) is 7.05 Å². The molecule has 1 N–H and O–H groups in total. The lowest BCUT2D eigenvalue weighted by Crippen LogP contribution is -2.31. The van der Waals surface area contributed by atoms with Gasteiger partial charge in [-0.2, -0.15) is 5.10 Å². The highest BCUT2D eigenvalue weighted by Crippen LogP contribution is 2.31. The van der Waals surface area contributed by atoms with Gasteiger partial charge in [0.05, 0.1) is 17.0 Å². The van der Waals surface area contributed by atoms with Crippen molar-refractivity contribution in [2.24, 2.45) is 7.05 Å². The van der Waals surface area contributed by atoms with Crippen molar-refractivity contribution in [2.45, 2.75) is 38.2 Å². The molecule has 1 unspecified atom stereocenters. The molecule has 2 aromatic heterocycles. The molecule has 1 aliphatic rings. The lowest BCUT2D eigenvalue weighted by molar-refractivity contribution is 0.146. The van der Waals surface area contributed by atoms with E-state index in [0.717, 1.165) is 37.7 Å². The summed E-state index contributed by atoms with van der Waals surface area (Å²) < 4.78 is 42.1. The normalized spacial score (nSPS) is 18.3. The lowest BCUT2D eigenvalue weighted by atomic mass is 9.94. The molecule has 0 radical (unpaired) electrons. The number of hydrogen-bond acceptors (Lipinski definition) is 5. The number of benzene rings is 1. The Labute approximate surface area is 184 Å². The highest BCUT2D eigenvalue weighted by atomic mass is 19.3. The van der Waals surface area contributed by atoms with Gasteiger partial charge in [0.25, 0.3) is 12.0 Å². The second-order valence-corrected chi connectivity index (χ2v) is 8.45. The third kappa shape index (κ3) is 4.21. The first-order valence-electron chi connectivity index (χ1n) is 10.6. The quantitative estimate of drug-likeness (QED) is 0.631. The fourth-order valence-corrected chi connectivity index (χ4v) is 4.35. The molecular weight excluding hydrogens is 419 g/mol. The number of nitrogens with one attached hydrogen (secondary N) is 1. The third-order valence-electron chi connectivity index (χ3n) is 6.11. The topological polar surface area (TPSA) is 63.1 Å². The van der Waals surface area contributed by atoms with Gasteiger partial charge in [0, 0.05) is 42.4 Å². The molecule has 2 atom stereocenters. The van der Waals surface area contributed by atoms with E-state index in [1.807, 2.05) is 6.07 Å². The number of nitrogens with zero attached hydrogens (tertiary/aromatic N) is 4. The van der Waals surface area contributed by atoms with Gasteiger partial charge >= 0.3 is 0 Å². The third-order valence-corrected chi connectivity index (χ3v) is 6.11. The largest absolute Gasteiger partial charge is 0.361 e. The van der Waals surface area contributed by atoms with Crippen LogP contribution in [0.1, 0.15) is 55.0 Å². The van der Waals surface area contributed by atoms with Gasteiger partial charge in [-0.3, -0.25) is 9.78 Å². The Balaban J connectivity index is 1.75. The van der Waals surface area contributed by atoms with E-state index in [0.29, 0.717) is 16.6 Å². The molecule has 9 heteroatoms. The number of anilines is 1. The number of likely N-dealkylation sites (N-methyl/N-ethyl adjacent to an activating group) is 1. The predicted molar refractivity (Wildman–Crippen MR) is 118 cm³/mol. The number of aryl methyl sites for hydroxylation is 1. The first-order valence-corrected chi connectivity index (χ1v) is 10.6. The summed E-state index contributed by atoms with van der Waals surface area (Å²) in [4.78, 5) is 19.4. The number of hydrogen-bond donors (Lipinski definition) is 1. The highest BCUT2D eigenvalue weighted by Gasteiger charge is 2.23. The maximum atomic E-state index is 14.7. The van der Waals surface area contributed by atoms with E-state index in [2.05, 4.69) is 27.3 Å². The number of likely N-dealkylation sites (tertiary alicyclic amines) is 1. The smallest absolute Gasteiger partial charge is 0.276 e. The summed E-state index contributed by atoms with van der Waals surface area (Å²) >= 11 is 0. The summed E-state index contributed by atoms with van der Waals surface area (Å²) in [6.45, 7) is 3.59. The minimum atomic E-state index is -2.90. The van der Waals surface area contributed by atoms with Gasteiger partial charge in [0.15, 0.2) is 5.82 Å². The number of alkyl halides is 2. The average molecular weight is 445 g/mol. The molecule has 4 rings (SSSR count). The molecule has 3 aromatic rings. The van der Waals surface area contributed by atoms with Crippen molar-refractivity contribution in [1.29, 1.82) is 0 Å². The van der Waals surface area contributed by atoms with E-state index in [4.69, 9.17) is 0 Å². The summed E-state index contributed by atoms with van der Waals surface area (Å²) in [5, 5.41) is 8.44. The fourth-order valence-electron chi connectivity index (χ4n) is 4.35. The van der Waals surface area contributed by atoms with Crippen LogP contribution in [0.15, 0.2) is 35.3 Å². The molecule has 1 saturated heterocycles. The minimum Gasteiger partial charge on any atom is -0.361 e. The van der Waals surface area contributed by atoms with Crippen molar-refractivity contribution in [3.8, 4) is 0 Å². The van der Waals surface area contributed by atoms with Crippen molar-refractivity contribution in [3.63, 3.8) is 0 Å². The van der Waals surface area contributed by atoms with Crippen LogP contribution in [0, 0.1) is 5.82 Å². The SMILES string of the molecule is C[C@@H](Nc1nn(C)c(=O)c2cnc(C3CCCN(C)C3)cc12)c1cccc(C(F)F)c1F. The van der Waals surface area contributed by atoms with Crippen LogP contribution < -0.4 is 10.9 Å².